The van der Waals surface area contributed by atoms with Crippen LogP contribution in [-0.4, -0.2) is 6.29 Å². The minimum Gasteiger partial charge on any atom is -0.399 e. The highest BCUT2D eigenvalue weighted by Crippen LogP contribution is 2.07. The van der Waals surface area contributed by atoms with Crippen LogP contribution in [0.1, 0.15) is 12.0 Å². The molecule has 0 fully saturated rings. The minimum absolute atomic E-state index is 0.448. The van der Waals surface area contributed by atoms with Crippen LogP contribution in [0.5, 0.6) is 0 Å². The first-order valence-corrected chi connectivity index (χ1v) is 3.52. The highest BCUT2D eigenvalue weighted by atomic mass is 16.1. The van der Waals surface area contributed by atoms with Crippen LogP contribution in [0.3, 0.4) is 0 Å². The topological polar surface area (TPSA) is 43.1 Å². The molecule has 0 amide bonds. The summed E-state index contributed by atoms with van der Waals surface area (Å²) in [4.78, 5) is 9.91. The normalized spacial score (nSPS) is 9.45. The Labute approximate surface area is 66.0 Å². The Balaban J connectivity index is 2.63. The van der Waals surface area contributed by atoms with Crippen LogP contribution in [0.4, 0.5) is 5.69 Å². The fourth-order valence-corrected chi connectivity index (χ4v) is 0.944. The Hall–Kier alpha value is -1.31. The molecule has 0 saturated heterocycles. The van der Waals surface area contributed by atoms with Gasteiger partial charge in [-0.15, -0.1) is 0 Å². The Morgan fingerprint density at radius 2 is 2.27 bits per heavy atom. The fraction of sp³-hybridized carbons (Fsp3) is 0.222. The molecule has 0 bridgehead atoms. The van der Waals surface area contributed by atoms with Crippen molar-refractivity contribution in [1.82, 2.24) is 0 Å². The van der Waals surface area contributed by atoms with Crippen LogP contribution in [0.25, 0.3) is 0 Å². The van der Waals surface area contributed by atoms with Crippen molar-refractivity contribution in [2.75, 3.05) is 5.73 Å². The summed E-state index contributed by atoms with van der Waals surface area (Å²) in [5.74, 6) is 0. The molecule has 1 aromatic carbocycles. The van der Waals surface area contributed by atoms with Crippen LogP contribution in [0, 0.1) is 0 Å². The lowest BCUT2D eigenvalue weighted by Crippen LogP contribution is -1.89. The highest BCUT2D eigenvalue weighted by Gasteiger charge is 1.92. The molecular weight excluding hydrogens is 138 g/mol. The molecule has 0 spiro atoms. The van der Waals surface area contributed by atoms with E-state index >= 15 is 0 Å². The lowest BCUT2D eigenvalue weighted by molar-refractivity contribution is 0.551. The first-order chi connectivity index (χ1) is 5.33. The number of hydrogen-bond donors (Lipinski definition) is 1. The van der Waals surface area contributed by atoms with Crippen molar-refractivity contribution in [2.24, 2.45) is 0 Å². The Bertz CT molecular complexity index is 245. The fourth-order valence-electron chi connectivity index (χ4n) is 0.944. The highest BCUT2D eigenvalue weighted by molar-refractivity contribution is 5.51. The third kappa shape index (κ3) is 2.42. The van der Waals surface area contributed by atoms with Crippen LogP contribution < -0.4 is 5.73 Å². The average molecular weight is 148 g/mol. The molecule has 0 aliphatic carbocycles. The van der Waals surface area contributed by atoms with Crippen LogP contribution in [-0.2, 0) is 11.2 Å². The molecule has 0 aromatic heterocycles. The molecule has 2 heteroatoms. The van der Waals surface area contributed by atoms with Gasteiger partial charge in [-0.1, -0.05) is 12.1 Å². The number of nitrogen functional groups attached to an aromatic ring is 1. The van der Waals surface area contributed by atoms with Gasteiger partial charge in [-0.3, -0.25) is 4.79 Å². The molecule has 0 saturated carbocycles. The Morgan fingerprint density at radius 3 is 2.91 bits per heavy atom. The molecule has 2 nitrogen and oxygen atoms in total. The van der Waals surface area contributed by atoms with E-state index in [2.05, 4.69) is 0 Å². The van der Waals surface area contributed by atoms with Crippen molar-refractivity contribution in [3.8, 4) is 0 Å². The number of carbonyl (C=O) groups excluding carboxylic acids is 1. The zero-order valence-electron chi connectivity index (χ0n) is 6.21. The second kappa shape index (κ2) is 3.76. The molecule has 2 N–H and O–H groups in total. The van der Waals surface area contributed by atoms with Crippen molar-refractivity contribution in [1.29, 1.82) is 0 Å². The molecule has 0 aliphatic rings. The summed E-state index contributed by atoms with van der Waals surface area (Å²) >= 11 is 0. The molecular formula is C9H10NO. The van der Waals surface area contributed by atoms with Gasteiger partial charge in [0.25, 0.3) is 0 Å². The first kappa shape index (κ1) is 7.79. The van der Waals surface area contributed by atoms with Gasteiger partial charge in [-0.2, -0.15) is 0 Å². The minimum atomic E-state index is 0.448. The van der Waals surface area contributed by atoms with Crippen LogP contribution in [0.2, 0.25) is 0 Å². The van der Waals surface area contributed by atoms with Gasteiger partial charge in [0, 0.05) is 12.1 Å². The lowest BCUT2D eigenvalue weighted by atomic mass is 10.1. The maximum absolute atomic E-state index is 9.91. The third-order valence-electron chi connectivity index (χ3n) is 1.47. The van der Waals surface area contributed by atoms with Gasteiger partial charge < -0.3 is 5.73 Å². The summed E-state index contributed by atoms with van der Waals surface area (Å²) in [6.45, 7) is 0. The maximum atomic E-state index is 9.91. The van der Waals surface area contributed by atoms with Gasteiger partial charge in [0.15, 0.2) is 6.29 Å². The van der Waals surface area contributed by atoms with E-state index in [4.69, 9.17) is 5.73 Å². The number of aryl methyl sites for hydroxylation is 1. The van der Waals surface area contributed by atoms with Crippen molar-refractivity contribution in [3.05, 3.63) is 29.8 Å². The number of anilines is 1. The standard InChI is InChI=1S/C9H10NO/c10-9-5-1-3-8(7-9)4-2-6-11/h1,3,5,7H,2,4,10H2. The largest absolute Gasteiger partial charge is 0.399 e. The Kier molecular flexibility index (Phi) is 2.66. The van der Waals surface area contributed by atoms with Gasteiger partial charge in [0.2, 0.25) is 0 Å². The SMILES string of the molecule is Nc1cccc(CC[C]=O)c1. The Morgan fingerprint density at radius 1 is 1.45 bits per heavy atom. The average Bonchev–Trinajstić information content (AvgIpc) is 2.01. The van der Waals surface area contributed by atoms with E-state index < -0.39 is 0 Å². The predicted molar refractivity (Wildman–Crippen MR) is 44.9 cm³/mol. The predicted octanol–water partition coefficient (Wildman–Crippen LogP) is 1.31. The summed E-state index contributed by atoms with van der Waals surface area (Å²) in [5, 5.41) is 0. The van der Waals surface area contributed by atoms with Gasteiger partial charge in [0.1, 0.15) is 0 Å². The molecule has 0 heterocycles. The molecule has 0 atom stereocenters. The summed E-state index contributed by atoms with van der Waals surface area (Å²) in [6.07, 6.45) is 3.02. The monoisotopic (exact) mass is 148 g/mol. The second-order valence-corrected chi connectivity index (χ2v) is 2.39. The van der Waals surface area contributed by atoms with Crippen molar-refractivity contribution in [3.63, 3.8) is 0 Å². The number of benzene rings is 1. The summed E-state index contributed by atoms with van der Waals surface area (Å²) < 4.78 is 0. The number of nitrogens with two attached hydrogens (primary N) is 1. The van der Waals surface area contributed by atoms with Crippen LogP contribution in [0.15, 0.2) is 24.3 Å². The van der Waals surface area contributed by atoms with Gasteiger partial charge >= 0.3 is 0 Å². The lowest BCUT2D eigenvalue weighted by Gasteiger charge is -1.97. The molecule has 11 heavy (non-hydrogen) atoms. The maximum Gasteiger partial charge on any atom is 0.198 e. The molecule has 1 radical (unpaired) electrons. The van der Waals surface area contributed by atoms with Crippen molar-refractivity contribution < 1.29 is 4.79 Å². The summed E-state index contributed by atoms with van der Waals surface area (Å²) in [6, 6.07) is 7.54. The van der Waals surface area contributed by atoms with E-state index in [0.29, 0.717) is 6.42 Å². The molecule has 1 rings (SSSR count). The third-order valence-corrected chi connectivity index (χ3v) is 1.47. The zero-order chi connectivity index (χ0) is 8.10. The van der Waals surface area contributed by atoms with E-state index in [0.717, 1.165) is 17.7 Å². The summed E-state index contributed by atoms with van der Waals surface area (Å²) in [7, 11) is 0. The zero-order valence-corrected chi connectivity index (χ0v) is 6.21. The van der Waals surface area contributed by atoms with E-state index in [-0.39, 0.29) is 0 Å². The second-order valence-electron chi connectivity index (χ2n) is 2.39. The number of hydrogen-bond acceptors (Lipinski definition) is 2. The van der Waals surface area contributed by atoms with Gasteiger partial charge in [-0.05, 0) is 24.1 Å². The van der Waals surface area contributed by atoms with E-state index in [9.17, 15) is 4.79 Å². The van der Waals surface area contributed by atoms with Gasteiger partial charge in [-0.25, -0.2) is 0 Å². The van der Waals surface area contributed by atoms with E-state index in [1.165, 1.54) is 0 Å². The van der Waals surface area contributed by atoms with Crippen molar-refractivity contribution >= 4 is 12.0 Å². The quantitative estimate of drug-likeness (QED) is 0.657. The molecule has 1 aromatic rings. The van der Waals surface area contributed by atoms with E-state index in [1.54, 1.807) is 0 Å². The van der Waals surface area contributed by atoms with Gasteiger partial charge in [0.05, 0.1) is 0 Å². The smallest absolute Gasteiger partial charge is 0.198 e. The number of rotatable bonds is 3. The molecule has 57 valence electrons. The molecule has 0 unspecified atom stereocenters. The van der Waals surface area contributed by atoms with Crippen LogP contribution >= 0.6 is 0 Å². The molecule has 0 aliphatic heterocycles. The summed E-state index contributed by atoms with van der Waals surface area (Å²) in [5.41, 5.74) is 7.37. The van der Waals surface area contributed by atoms with E-state index in [1.807, 2.05) is 30.6 Å². The van der Waals surface area contributed by atoms with Crippen molar-refractivity contribution in [2.45, 2.75) is 12.8 Å². The first-order valence-electron chi connectivity index (χ1n) is 3.52.